The number of ether oxygens (including phenoxy) is 2. The van der Waals surface area contributed by atoms with Crippen molar-refractivity contribution >= 4 is 29.0 Å². The first-order chi connectivity index (χ1) is 15.1. The lowest BCUT2D eigenvalue weighted by molar-refractivity contribution is 0.262. The van der Waals surface area contributed by atoms with Crippen LogP contribution in [0, 0.1) is 0 Å². The summed E-state index contributed by atoms with van der Waals surface area (Å²) in [6.07, 6.45) is 5.07. The molecule has 0 aliphatic carbocycles. The van der Waals surface area contributed by atoms with Crippen LogP contribution in [0.5, 0.6) is 17.4 Å². The molecule has 0 saturated carbocycles. The first kappa shape index (κ1) is 20.2. The van der Waals surface area contributed by atoms with Crippen LogP contribution in [0.15, 0.2) is 73.3 Å². The number of imidazole rings is 1. The number of amides is 2. The number of hydrogen-bond donors (Lipinski definition) is 2. The van der Waals surface area contributed by atoms with Gasteiger partial charge in [-0.2, -0.15) is 0 Å². The largest absolute Gasteiger partial charge is 0.495 e. The number of anilines is 2. The summed E-state index contributed by atoms with van der Waals surface area (Å²) in [6, 6.07) is 14.8. The summed E-state index contributed by atoms with van der Waals surface area (Å²) < 4.78 is 12.6. The highest BCUT2D eigenvalue weighted by molar-refractivity contribution is 6.31. The smallest absolute Gasteiger partial charge is 0.323 e. The van der Waals surface area contributed by atoms with E-state index in [9.17, 15) is 4.79 Å². The topological polar surface area (TPSA) is 103 Å². The number of carbonyl (C=O) groups is 1. The number of rotatable bonds is 6. The van der Waals surface area contributed by atoms with E-state index in [2.05, 4.69) is 25.8 Å². The maximum Gasteiger partial charge on any atom is 0.323 e. The summed E-state index contributed by atoms with van der Waals surface area (Å²) in [5, 5.41) is 14.1. The van der Waals surface area contributed by atoms with E-state index in [-0.39, 0.29) is 0 Å². The Morgan fingerprint density at radius 3 is 2.55 bits per heavy atom. The fourth-order valence-electron chi connectivity index (χ4n) is 2.69. The number of halogens is 1. The zero-order valence-corrected chi connectivity index (χ0v) is 17.1. The molecular formula is C21H17ClN6O3. The molecule has 4 aromatic rings. The van der Waals surface area contributed by atoms with Gasteiger partial charge in [0.1, 0.15) is 17.8 Å². The summed E-state index contributed by atoms with van der Waals surface area (Å²) in [4.78, 5) is 16.3. The maximum absolute atomic E-state index is 12.3. The highest BCUT2D eigenvalue weighted by Crippen LogP contribution is 2.28. The summed E-state index contributed by atoms with van der Waals surface area (Å²) >= 11 is 5.98. The van der Waals surface area contributed by atoms with Crippen molar-refractivity contribution in [2.75, 3.05) is 17.7 Å². The van der Waals surface area contributed by atoms with Crippen molar-refractivity contribution in [1.29, 1.82) is 0 Å². The number of nitrogens with zero attached hydrogens (tertiary/aromatic N) is 4. The standard InChI is InChI=1S/C21H17ClN6O3/c1-30-18-7-2-14(22)12-17(18)25-21(29)24-15-3-5-16(6-4-15)31-20-9-8-19(26-27-20)28-11-10-23-13-28/h2-13H,1H3,(H2,24,25,29). The average molecular weight is 437 g/mol. The number of nitrogens with one attached hydrogen (secondary N) is 2. The van der Waals surface area contributed by atoms with Crippen LogP contribution in [0.4, 0.5) is 16.2 Å². The molecule has 0 fully saturated rings. The van der Waals surface area contributed by atoms with Crippen LogP contribution in [-0.4, -0.2) is 32.9 Å². The van der Waals surface area contributed by atoms with Crippen molar-refractivity contribution in [2.45, 2.75) is 0 Å². The third-order valence-electron chi connectivity index (χ3n) is 4.14. The molecule has 0 atom stereocenters. The van der Waals surface area contributed by atoms with Crippen molar-refractivity contribution in [1.82, 2.24) is 19.7 Å². The van der Waals surface area contributed by atoms with E-state index in [1.54, 1.807) is 77.9 Å². The van der Waals surface area contributed by atoms with Crippen LogP contribution in [-0.2, 0) is 0 Å². The molecule has 31 heavy (non-hydrogen) atoms. The molecule has 10 heteroatoms. The fourth-order valence-corrected chi connectivity index (χ4v) is 2.86. The van der Waals surface area contributed by atoms with E-state index in [4.69, 9.17) is 21.1 Å². The SMILES string of the molecule is COc1ccc(Cl)cc1NC(=O)Nc1ccc(Oc2ccc(-n3ccnc3)nn2)cc1. The van der Waals surface area contributed by atoms with Crippen LogP contribution in [0.1, 0.15) is 0 Å². The first-order valence-electron chi connectivity index (χ1n) is 9.12. The average Bonchev–Trinajstić information content (AvgIpc) is 3.31. The zero-order chi connectivity index (χ0) is 21.6. The van der Waals surface area contributed by atoms with E-state index in [1.165, 1.54) is 7.11 Å². The third-order valence-corrected chi connectivity index (χ3v) is 4.37. The molecular weight excluding hydrogens is 420 g/mol. The van der Waals surface area contributed by atoms with Crippen molar-refractivity contribution in [3.63, 3.8) is 0 Å². The highest BCUT2D eigenvalue weighted by Gasteiger charge is 2.09. The first-order valence-corrected chi connectivity index (χ1v) is 9.50. The zero-order valence-electron chi connectivity index (χ0n) is 16.3. The molecule has 0 unspecified atom stereocenters. The molecule has 2 N–H and O–H groups in total. The Bertz CT molecular complexity index is 1160. The van der Waals surface area contributed by atoms with Crippen molar-refractivity contribution in [3.8, 4) is 23.2 Å². The third kappa shape index (κ3) is 5.09. The van der Waals surface area contributed by atoms with Crippen LogP contribution >= 0.6 is 11.6 Å². The van der Waals surface area contributed by atoms with E-state index in [1.807, 2.05) is 0 Å². The van der Waals surface area contributed by atoms with Crippen molar-refractivity contribution in [3.05, 3.63) is 78.3 Å². The molecule has 0 radical (unpaired) electrons. The molecule has 156 valence electrons. The second-order valence-electron chi connectivity index (χ2n) is 6.25. The minimum absolute atomic E-state index is 0.343. The quantitative estimate of drug-likeness (QED) is 0.451. The number of urea groups is 1. The van der Waals surface area contributed by atoms with Gasteiger partial charge in [0, 0.05) is 29.2 Å². The summed E-state index contributed by atoms with van der Waals surface area (Å²) in [5.41, 5.74) is 1.04. The van der Waals surface area contributed by atoms with Crippen molar-refractivity contribution in [2.24, 2.45) is 0 Å². The van der Waals surface area contributed by atoms with Gasteiger partial charge in [-0.05, 0) is 48.5 Å². The molecule has 2 amide bonds. The van der Waals surface area contributed by atoms with Gasteiger partial charge < -0.3 is 20.1 Å². The van der Waals surface area contributed by atoms with E-state index < -0.39 is 6.03 Å². The fraction of sp³-hybridized carbons (Fsp3) is 0.0476. The van der Waals surface area contributed by atoms with Crippen molar-refractivity contribution < 1.29 is 14.3 Å². The predicted octanol–water partition coefficient (Wildman–Crippen LogP) is 4.76. The number of hydrogen-bond acceptors (Lipinski definition) is 6. The molecule has 4 rings (SSSR count). The van der Waals surface area contributed by atoms with E-state index >= 15 is 0 Å². The molecule has 2 aromatic carbocycles. The minimum atomic E-state index is -0.435. The van der Waals surface area contributed by atoms with Gasteiger partial charge in [-0.1, -0.05) is 11.6 Å². The second kappa shape index (κ2) is 9.14. The molecule has 2 aromatic heterocycles. The number of aromatic nitrogens is 4. The summed E-state index contributed by atoms with van der Waals surface area (Å²) in [7, 11) is 1.51. The van der Waals surface area contributed by atoms with E-state index in [0.29, 0.717) is 39.6 Å². The molecule has 0 spiro atoms. The van der Waals surface area contributed by atoms with Gasteiger partial charge in [0.05, 0.1) is 12.8 Å². The maximum atomic E-state index is 12.3. The van der Waals surface area contributed by atoms with Crippen LogP contribution in [0.25, 0.3) is 5.82 Å². The lowest BCUT2D eigenvalue weighted by Gasteiger charge is -2.12. The summed E-state index contributed by atoms with van der Waals surface area (Å²) in [5.74, 6) is 2.03. The Labute approximate surface area is 182 Å². The number of benzene rings is 2. The molecule has 0 aliphatic heterocycles. The van der Waals surface area contributed by atoms with Gasteiger partial charge in [-0.15, -0.1) is 10.2 Å². The molecule has 0 saturated heterocycles. The van der Waals surface area contributed by atoms with Crippen LogP contribution in [0.2, 0.25) is 5.02 Å². The van der Waals surface area contributed by atoms with Gasteiger partial charge in [0.15, 0.2) is 5.82 Å². The van der Waals surface area contributed by atoms with Gasteiger partial charge in [-0.3, -0.25) is 4.57 Å². The second-order valence-corrected chi connectivity index (χ2v) is 6.69. The van der Waals surface area contributed by atoms with Gasteiger partial charge in [0.25, 0.3) is 0 Å². The number of carbonyl (C=O) groups excluding carboxylic acids is 1. The normalized spacial score (nSPS) is 10.4. The van der Waals surface area contributed by atoms with Crippen LogP contribution < -0.4 is 20.1 Å². The Balaban J connectivity index is 1.36. The van der Waals surface area contributed by atoms with Crippen LogP contribution in [0.3, 0.4) is 0 Å². The highest BCUT2D eigenvalue weighted by atomic mass is 35.5. The summed E-state index contributed by atoms with van der Waals surface area (Å²) in [6.45, 7) is 0. The molecule has 9 nitrogen and oxygen atoms in total. The number of methoxy groups -OCH3 is 1. The van der Waals surface area contributed by atoms with Gasteiger partial charge >= 0.3 is 6.03 Å². The van der Waals surface area contributed by atoms with E-state index in [0.717, 1.165) is 0 Å². The lowest BCUT2D eigenvalue weighted by atomic mass is 10.3. The predicted molar refractivity (Wildman–Crippen MR) is 116 cm³/mol. The Kier molecular flexibility index (Phi) is 5.95. The molecule has 0 aliphatic rings. The minimum Gasteiger partial charge on any atom is -0.495 e. The molecule has 0 bridgehead atoms. The Morgan fingerprint density at radius 1 is 1.03 bits per heavy atom. The molecule has 2 heterocycles. The van der Waals surface area contributed by atoms with Gasteiger partial charge in [-0.25, -0.2) is 9.78 Å². The Morgan fingerprint density at radius 2 is 1.87 bits per heavy atom. The Hall–Kier alpha value is -4.11. The monoisotopic (exact) mass is 436 g/mol. The van der Waals surface area contributed by atoms with Gasteiger partial charge in [0.2, 0.25) is 5.88 Å². The lowest BCUT2D eigenvalue weighted by Crippen LogP contribution is -2.19.